The van der Waals surface area contributed by atoms with Crippen LogP contribution in [-0.2, 0) is 9.59 Å². The van der Waals surface area contributed by atoms with Gasteiger partial charge in [0.1, 0.15) is 0 Å². The fraction of sp³-hybridized carbons (Fsp3) is 0.350. The van der Waals surface area contributed by atoms with Crippen LogP contribution >= 0.6 is 11.8 Å². The van der Waals surface area contributed by atoms with Crippen molar-refractivity contribution in [2.24, 2.45) is 0 Å². The van der Waals surface area contributed by atoms with Gasteiger partial charge in [0.15, 0.2) is 5.82 Å². The second-order valence-corrected chi connectivity index (χ2v) is 7.69. The van der Waals surface area contributed by atoms with Gasteiger partial charge in [-0.15, -0.1) is 11.8 Å². The third-order valence-electron chi connectivity index (χ3n) is 4.84. The summed E-state index contributed by atoms with van der Waals surface area (Å²) in [6.07, 6.45) is 4.31. The molecule has 2 aromatic rings. The van der Waals surface area contributed by atoms with E-state index in [2.05, 4.69) is 15.2 Å². The number of nitrogens with zero attached hydrogens (tertiary/aromatic N) is 3. The Hall–Kier alpha value is -2.54. The molecule has 0 bridgehead atoms. The quantitative estimate of drug-likeness (QED) is 0.861. The Bertz CT molecular complexity index is 851. The fourth-order valence-electron chi connectivity index (χ4n) is 3.50. The van der Waals surface area contributed by atoms with Gasteiger partial charge in [0.05, 0.1) is 17.1 Å². The lowest BCUT2D eigenvalue weighted by Gasteiger charge is -2.28. The van der Waals surface area contributed by atoms with Crippen LogP contribution in [0.4, 0.5) is 17.2 Å². The van der Waals surface area contributed by atoms with Crippen LogP contribution in [0.25, 0.3) is 0 Å². The van der Waals surface area contributed by atoms with E-state index >= 15 is 0 Å². The average Bonchev–Trinajstić information content (AvgIpc) is 3.22. The number of nitrogens with one attached hydrogen (secondary N) is 1. The molecule has 2 amide bonds. The zero-order chi connectivity index (χ0) is 18.6. The number of pyridine rings is 1. The summed E-state index contributed by atoms with van der Waals surface area (Å²) in [5, 5.41) is 2.98. The van der Waals surface area contributed by atoms with Gasteiger partial charge in [0, 0.05) is 37.1 Å². The van der Waals surface area contributed by atoms with Crippen molar-refractivity contribution in [1.82, 2.24) is 4.98 Å². The Labute approximate surface area is 162 Å². The number of fused-ring (bicyclic) bond motifs is 1. The molecule has 0 atom stereocenters. The summed E-state index contributed by atoms with van der Waals surface area (Å²) in [5.41, 5.74) is 1.64. The Kier molecular flexibility index (Phi) is 5.29. The molecule has 4 rings (SSSR count). The van der Waals surface area contributed by atoms with Gasteiger partial charge in [-0.05, 0) is 37.1 Å². The summed E-state index contributed by atoms with van der Waals surface area (Å²) >= 11 is 1.55. The van der Waals surface area contributed by atoms with E-state index in [1.54, 1.807) is 22.9 Å². The highest BCUT2D eigenvalue weighted by Gasteiger charge is 2.25. The van der Waals surface area contributed by atoms with E-state index in [9.17, 15) is 9.59 Å². The molecule has 0 aliphatic carbocycles. The van der Waals surface area contributed by atoms with E-state index in [1.165, 1.54) is 0 Å². The molecule has 7 heteroatoms. The number of anilines is 3. The molecule has 27 heavy (non-hydrogen) atoms. The van der Waals surface area contributed by atoms with E-state index in [1.807, 2.05) is 36.4 Å². The first-order valence-corrected chi connectivity index (χ1v) is 10.2. The number of rotatable bonds is 5. The molecule has 1 fully saturated rings. The Morgan fingerprint density at radius 1 is 1.15 bits per heavy atom. The SMILES string of the molecule is O=C(CCN1C(=O)CSc2ccccc21)Nc1cccnc1N1CCCC1. The van der Waals surface area contributed by atoms with Crippen molar-refractivity contribution in [1.29, 1.82) is 0 Å². The van der Waals surface area contributed by atoms with Gasteiger partial charge < -0.3 is 15.1 Å². The van der Waals surface area contributed by atoms with E-state index < -0.39 is 0 Å². The summed E-state index contributed by atoms with van der Waals surface area (Å²) in [6, 6.07) is 11.5. The first-order valence-electron chi connectivity index (χ1n) is 9.24. The summed E-state index contributed by atoms with van der Waals surface area (Å²) in [7, 11) is 0. The van der Waals surface area contributed by atoms with Crippen molar-refractivity contribution in [3.8, 4) is 0 Å². The van der Waals surface area contributed by atoms with E-state index in [0.717, 1.165) is 48.0 Å². The number of benzene rings is 1. The van der Waals surface area contributed by atoms with Gasteiger partial charge in [0.25, 0.3) is 0 Å². The summed E-state index contributed by atoms with van der Waals surface area (Å²) in [4.78, 5) is 34.3. The zero-order valence-corrected chi connectivity index (χ0v) is 15.9. The molecule has 0 radical (unpaired) electrons. The molecule has 2 aliphatic heterocycles. The predicted molar refractivity (Wildman–Crippen MR) is 108 cm³/mol. The Balaban J connectivity index is 1.42. The minimum Gasteiger partial charge on any atom is -0.355 e. The van der Waals surface area contributed by atoms with Crippen molar-refractivity contribution >= 4 is 40.8 Å². The average molecular weight is 382 g/mol. The van der Waals surface area contributed by atoms with Crippen LogP contribution in [0.2, 0.25) is 0 Å². The largest absolute Gasteiger partial charge is 0.355 e. The molecule has 3 heterocycles. The molecule has 2 aliphatic rings. The third kappa shape index (κ3) is 3.93. The van der Waals surface area contributed by atoms with Crippen LogP contribution in [0.5, 0.6) is 0 Å². The topological polar surface area (TPSA) is 65.5 Å². The normalized spacial score (nSPS) is 16.4. The van der Waals surface area contributed by atoms with Gasteiger partial charge in [-0.25, -0.2) is 4.98 Å². The highest BCUT2D eigenvalue weighted by Crippen LogP contribution is 2.35. The highest BCUT2D eigenvalue weighted by molar-refractivity contribution is 8.00. The smallest absolute Gasteiger partial charge is 0.237 e. The lowest BCUT2D eigenvalue weighted by atomic mass is 10.2. The predicted octanol–water partition coefficient (Wildman–Crippen LogP) is 3.15. The Morgan fingerprint density at radius 2 is 1.96 bits per heavy atom. The maximum absolute atomic E-state index is 12.5. The van der Waals surface area contributed by atoms with Gasteiger partial charge in [-0.3, -0.25) is 9.59 Å². The maximum atomic E-state index is 12.5. The van der Waals surface area contributed by atoms with Gasteiger partial charge in [-0.1, -0.05) is 12.1 Å². The Morgan fingerprint density at radius 3 is 2.81 bits per heavy atom. The minimum atomic E-state index is -0.105. The standard InChI is InChI=1S/C20H22N4O2S/c25-18(22-15-6-5-10-21-20(15)23-11-3-4-12-23)9-13-24-16-7-1-2-8-17(16)27-14-19(24)26/h1-2,5-8,10H,3-4,9,11-14H2,(H,22,25). The number of hydrogen-bond donors (Lipinski definition) is 1. The molecule has 0 spiro atoms. The lowest BCUT2D eigenvalue weighted by molar-refractivity contribution is -0.117. The highest BCUT2D eigenvalue weighted by atomic mass is 32.2. The number of carbonyl (C=O) groups is 2. The number of aromatic nitrogens is 1. The van der Waals surface area contributed by atoms with E-state index in [-0.39, 0.29) is 18.2 Å². The first kappa shape index (κ1) is 17.9. The molecule has 0 unspecified atom stereocenters. The van der Waals surface area contributed by atoms with Crippen LogP contribution < -0.4 is 15.1 Å². The molecule has 6 nitrogen and oxygen atoms in total. The van der Waals surface area contributed by atoms with Crippen molar-refractivity contribution in [2.45, 2.75) is 24.2 Å². The first-order chi connectivity index (χ1) is 13.2. The van der Waals surface area contributed by atoms with Crippen molar-refractivity contribution < 1.29 is 9.59 Å². The van der Waals surface area contributed by atoms with Crippen LogP contribution in [0.3, 0.4) is 0 Å². The van der Waals surface area contributed by atoms with Crippen LogP contribution in [0.15, 0.2) is 47.5 Å². The van der Waals surface area contributed by atoms with E-state index in [0.29, 0.717) is 12.3 Å². The van der Waals surface area contributed by atoms with Crippen LogP contribution in [0.1, 0.15) is 19.3 Å². The summed E-state index contributed by atoms with van der Waals surface area (Å²) < 4.78 is 0. The zero-order valence-electron chi connectivity index (χ0n) is 15.1. The number of amides is 2. The molecule has 1 N–H and O–H groups in total. The van der Waals surface area contributed by atoms with Crippen molar-refractivity contribution in [2.75, 3.05) is 40.5 Å². The number of para-hydroxylation sites is 1. The van der Waals surface area contributed by atoms with E-state index in [4.69, 9.17) is 0 Å². The second-order valence-electron chi connectivity index (χ2n) is 6.67. The molecule has 1 aromatic carbocycles. The lowest BCUT2D eigenvalue weighted by Crippen LogP contribution is -2.37. The van der Waals surface area contributed by atoms with Gasteiger partial charge in [0.2, 0.25) is 11.8 Å². The van der Waals surface area contributed by atoms with Crippen molar-refractivity contribution in [3.05, 3.63) is 42.6 Å². The number of hydrogen-bond acceptors (Lipinski definition) is 5. The fourth-order valence-corrected chi connectivity index (χ4v) is 4.44. The summed E-state index contributed by atoms with van der Waals surface area (Å²) in [5.74, 6) is 1.19. The number of carbonyl (C=O) groups excluding carboxylic acids is 2. The molecule has 1 saturated heterocycles. The van der Waals surface area contributed by atoms with Crippen LogP contribution in [0, 0.1) is 0 Å². The van der Waals surface area contributed by atoms with Crippen LogP contribution in [-0.4, -0.2) is 42.2 Å². The minimum absolute atomic E-state index is 0.0469. The molecule has 140 valence electrons. The monoisotopic (exact) mass is 382 g/mol. The third-order valence-corrected chi connectivity index (χ3v) is 5.88. The second kappa shape index (κ2) is 8.00. The van der Waals surface area contributed by atoms with Crippen molar-refractivity contribution in [3.63, 3.8) is 0 Å². The molecular weight excluding hydrogens is 360 g/mol. The van der Waals surface area contributed by atoms with Gasteiger partial charge >= 0.3 is 0 Å². The van der Waals surface area contributed by atoms with Gasteiger partial charge in [-0.2, -0.15) is 0 Å². The number of thioether (sulfide) groups is 1. The molecule has 1 aromatic heterocycles. The summed E-state index contributed by atoms with van der Waals surface area (Å²) in [6.45, 7) is 2.31. The molecule has 0 saturated carbocycles. The maximum Gasteiger partial charge on any atom is 0.237 e. The molecular formula is C20H22N4O2S.